The number of hydrogen-bond acceptors (Lipinski definition) is 3. The Kier molecular flexibility index (Phi) is 6.03. The largest absolute Gasteiger partial charge is 0.350 e. The molecule has 146 valence electrons. The van der Waals surface area contributed by atoms with Crippen molar-refractivity contribution in [3.8, 4) is 0 Å². The predicted molar refractivity (Wildman–Crippen MR) is 101 cm³/mol. The number of hydrogen-bond donors (Lipinski definition) is 1. The fourth-order valence-electron chi connectivity index (χ4n) is 2.96. The number of nitrogens with zero attached hydrogens (tertiary/aromatic N) is 2. The smallest absolute Gasteiger partial charge is 0.312 e. The van der Waals surface area contributed by atoms with Gasteiger partial charge in [0.15, 0.2) is 0 Å². The highest BCUT2D eigenvalue weighted by atomic mass is 19.1. The van der Waals surface area contributed by atoms with Crippen LogP contribution < -0.4 is 5.32 Å². The van der Waals surface area contributed by atoms with E-state index in [1.165, 1.54) is 21.9 Å². The Morgan fingerprint density at radius 3 is 2.18 bits per heavy atom. The molecule has 28 heavy (non-hydrogen) atoms. The van der Waals surface area contributed by atoms with Crippen molar-refractivity contribution in [3.63, 3.8) is 0 Å². The topological polar surface area (TPSA) is 69.7 Å². The molecule has 1 N–H and O–H groups in total. The van der Waals surface area contributed by atoms with Gasteiger partial charge in [-0.3, -0.25) is 14.4 Å². The third-order valence-corrected chi connectivity index (χ3v) is 4.63. The summed E-state index contributed by atoms with van der Waals surface area (Å²) in [7, 11) is 0. The summed E-state index contributed by atoms with van der Waals surface area (Å²) in [6.07, 6.45) is 0. The first kappa shape index (κ1) is 19.5. The summed E-state index contributed by atoms with van der Waals surface area (Å²) in [5, 5.41) is 2.68. The van der Waals surface area contributed by atoms with E-state index in [-0.39, 0.29) is 24.8 Å². The number of aryl methyl sites for hydroxylation is 1. The zero-order valence-corrected chi connectivity index (χ0v) is 15.7. The predicted octanol–water partition coefficient (Wildman–Crippen LogP) is 1.62. The van der Waals surface area contributed by atoms with Gasteiger partial charge >= 0.3 is 11.8 Å². The minimum atomic E-state index is -0.671. The van der Waals surface area contributed by atoms with Crippen LogP contribution in [0.2, 0.25) is 0 Å². The molecule has 1 aliphatic heterocycles. The van der Waals surface area contributed by atoms with Crippen molar-refractivity contribution in [3.05, 3.63) is 71.0 Å². The lowest BCUT2D eigenvalue weighted by molar-refractivity contribution is -0.157. The van der Waals surface area contributed by atoms with Crippen LogP contribution in [0.1, 0.15) is 16.7 Å². The van der Waals surface area contributed by atoms with Gasteiger partial charge in [0.1, 0.15) is 12.4 Å². The summed E-state index contributed by atoms with van der Waals surface area (Å²) >= 11 is 0. The zero-order valence-electron chi connectivity index (χ0n) is 15.7. The Balaban J connectivity index is 1.50. The normalized spacial score (nSPS) is 14.4. The molecule has 1 saturated heterocycles. The van der Waals surface area contributed by atoms with Gasteiger partial charge in [-0.05, 0) is 30.2 Å². The van der Waals surface area contributed by atoms with E-state index >= 15 is 0 Å². The number of carbonyl (C=O) groups is 3. The highest BCUT2D eigenvalue weighted by Crippen LogP contribution is 2.12. The quantitative estimate of drug-likeness (QED) is 0.771. The van der Waals surface area contributed by atoms with E-state index in [4.69, 9.17) is 0 Å². The Labute approximate surface area is 162 Å². The highest BCUT2D eigenvalue weighted by molar-refractivity contribution is 6.35. The van der Waals surface area contributed by atoms with E-state index in [1.54, 1.807) is 12.1 Å². The van der Waals surface area contributed by atoms with Crippen molar-refractivity contribution in [1.82, 2.24) is 15.1 Å². The lowest BCUT2D eigenvalue weighted by atomic mass is 10.1. The van der Waals surface area contributed by atoms with Gasteiger partial charge in [-0.15, -0.1) is 0 Å². The van der Waals surface area contributed by atoms with Gasteiger partial charge in [-0.25, -0.2) is 4.39 Å². The van der Waals surface area contributed by atoms with Crippen LogP contribution in [0.25, 0.3) is 0 Å². The summed E-state index contributed by atoms with van der Waals surface area (Å²) in [5.74, 6) is -1.98. The second kappa shape index (κ2) is 8.65. The fraction of sp³-hybridized carbons (Fsp3) is 0.286. The first-order valence-corrected chi connectivity index (χ1v) is 9.07. The second-order valence-corrected chi connectivity index (χ2v) is 6.84. The molecule has 3 amide bonds. The van der Waals surface area contributed by atoms with Gasteiger partial charge < -0.3 is 15.1 Å². The van der Waals surface area contributed by atoms with Crippen LogP contribution in [0.15, 0.2) is 48.5 Å². The molecule has 0 radical (unpaired) electrons. The molecule has 0 aromatic heterocycles. The molecule has 2 aromatic rings. The molecule has 1 aliphatic rings. The molecule has 0 bridgehead atoms. The monoisotopic (exact) mass is 383 g/mol. The molecular formula is C21H22FN3O3. The highest BCUT2D eigenvalue weighted by Gasteiger charge is 2.33. The molecule has 0 saturated carbocycles. The van der Waals surface area contributed by atoms with Gasteiger partial charge in [0, 0.05) is 26.2 Å². The van der Waals surface area contributed by atoms with Gasteiger partial charge in [0.2, 0.25) is 5.91 Å². The van der Waals surface area contributed by atoms with Crippen LogP contribution in [0.3, 0.4) is 0 Å². The van der Waals surface area contributed by atoms with E-state index in [1.807, 2.05) is 31.2 Å². The van der Waals surface area contributed by atoms with Crippen molar-refractivity contribution in [2.45, 2.75) is 20.0 Å². The van der Waals surface area contributed by atoms with Gasteiger partial charge in [-0.2, -0.15) is 0 Å². The Morgan fingerprint density at radius 1 is 0.929 bits per heavy atom. The molecule has 6 nitrogen and oxygen atoms in total. The maximum atomic E-state index is 12.9. The Morgan fingerprint density at radius 2 is 1.50 bits per heavy atom. The molecule has 0 aliphatic carbocycles. The molecule has 1 fully saturated rings. The third kappa shape index (κ3) is 4.94. The van der Waals surface area contributed by atoms with Crippen LogP contribution in [0.4, 0.5) is 4.39 Å². The van der Waals surface area contributed by atoms with Crippen LogP contribution in [-0.2, 0) is 27.5 Å². The molecule has 3 rings (SSSR count). The van der Waals surface area contributed by atoms with Gasteiger partial charge in [0.25, 0.3) is 0 Å². The average Bonchev–Trinajstić information content (AvgIpc) is 2.69. The van der Waals surface area contributed by atoms with Crippen molar-refractivity contribution in [2.75, 3.05) is 19.6 Å². The van der Waals surface area contributed by atoms with E-state index in [0.29, 0.717) is 19.6 Å². The number of nitrogens with one attached hydrogen (secondary N) is 1. The molecule has 0 spiro atoms. The van der Waals surface area contributed by atoms with E-state index in [0.717, 1.165) is 16.7 Å². The van der Waals surface area contributed by atoms with Crippen molar-refractivity contribution in [2.24, 2.45) is 0 Å². The second-order valence-electron chi connectivity index (χ2n) is 6.84. The van der Waals surface area contributed by atoms with Crippen LogP contribution >= 0.6 is 0 Å². The average molecular weight is 383 g/mol. The third-order valence-electron chi connectivity index (χ3n) is 4.63. The minimum Gasteiger partial charge on any atom is -0.350 e. The van der Waals surface area contributed by atoms with E-state index in [2.05, 4.69) is 5.32 Å². The molecule has 2 aromatic carbocycles. The van der Waals surface area contributed by atoms with Crippen LogP contribution in [-0.4, -0.2) is 47.2 Å². The molecular weight excluding hydrogens is 361 g/mol. The minimum absolute atomic E-state index is 0.176. The van der Waals surface area contributed by atoms with E-state index in [9.17, 15) is 18.8 Å². The van der Waals surface area contributed by atoms with E-state index < -0.39 is 11.8 Å². The summed E-state index contributed by atoms with van der Waals surface area (Å²) in [4.78, 5) is 39.6. The molecule has 1 heterocycles. The van der Waals surface area contributed by atoms with Crippen molar-refractivity contribution >= 4 is 17.7 Å². The SMILES string of the molecule is Cc1ccc(CN2CCN(CC(=O)NCc3ccc(F)cc3)C(=O)C2=O)cc1. The standard InChI is InChI=1S/C21H22FN3O3/c1-15-2-4-17(5-3-15)13-24-10-11-25(21(28)20(24)27)14-19(26)23-12-16-6-8-18(22)9-7-16/h2-9H,10-14H2,1H3,(H,23,26). The number of rotatable bonds is 6. The van der Waals surface area contributed by atoms with Crippen molar-refractivity contribution < 1.29 is 18.8 Å². The maximum absolute atomic E-state index is 12.9. The fourth-order valence-corrected chi connectivity index (χ4v) is 2.96. The Bertz CT molecular complexity index is 865. The van der Waals surface area contributed by atoms with Gasteiger partial charge in [-0.1, -0.05) is 42.0 Å². The summed E-state index contributed by atoms with van der Waals surface area (Å²) in [5.41, 5.74) is 2.83. The maximum Gasteiger partial charge on any atom is 0.312 e. The first-order chi connectivity index (χ1) is 13.4. The number of carbonyl (C=O) groups excluding carboxylic acids is 3. The Hall–Kier alpha value is -3.22. The lowest BCUT2D eigenvalue weighted by Gasteiger charge is -2.33. The summed E-state index contributed by atoms with van der Waals surface area (Å²) in [6, 6.07) is 13.6. The summed E-state index contributed by atoms with van der Waals surface area (Å²) < 4.78 is 12.9. The summed E-state index contributed by atoms with van der Waals surface area (Å²) in [6.45, 7) is 3.09. The number of halogens is 1. The first-order valence-electron chi connectivity index (χ1n) is 9.07. The van der Waals surface area contributed by atoms with Crippen LogP contribution in [0, 0.1) is 12.7 Å². The molecule has 0 unspecified atom stereocenters. The van der Waals surface area contributed by atoms with Crippen molar-refractivity contribution in [1.29, 1.82) is 0 Å². The lowest BCUT2D eigenvalue weighted by Crippen LogP contribution is -2.55. The van der Waals surface area contributed by atoms with Gasteiger partial charge in [0.05, 0.1) is 0 Å². The molecule has 0 atom stereocenters. The number of piperazine rings is 1. The number of amides is 3. The van der Waals surface area contributed by atoms with Crippen LogP contribution in [0.5, 0.6) is 0 Å². The molecule has 7 heteroatoms. The zero-order chi connectivity index (χ0) is 20.1. The number of benzene rings is 2.